The number of halogens is 1. The summed E-state index contributed by atoms with van der Waals surface area (Å²) in [6.45, 7) is 3.60. The Labute approximate surface area is 235 Å². The molecule has 40 heavy (non-hydrogen) atoms. The lowest BCUT2D eigenvalue weighted by Crippen LogP contribution is -2.48. The lowest BCUT2D eigenvalue weighted by atomic mass is 10.1. The van der Waals surface area contributed by atoms with Gasteiger partial charge < -0.3 is 19.5 Å². The number of pyridine rings is 1. The largest absolute Gasteiger partial charge is 0.456 e. The summed E-state index contributed by atoms with van der Waals surface area (Å²) < 4.78 is 8.12. The SMILES string of the molecule is Cc1nc2ccc(Oc3ccc4ncc(-c5cnn(C6CN(c7cccc(N(C)C)n7)C6)c5)nc4c3Cl)cc2[nH]1. The molecule has 200 valence electrons. The monoisotopic (exact) mass is 551 g/mol. The minimum atomic E-state index is 0.256. The standard InChI is InChI=1S/C29H26ClN9O/c1-17-33-21-8-7-20(11-23(21)34-17)40-25-10-9-22-29(28(25)30)35-24(13-31-22)18-12-32-39(14-18)19-15-38(16-19)27-6-4-5-26(36-27)37(2)3/h4-14,19H,15-16H2,1-3H3,(H,33,34). The highest BCUT2D eigenvalue weighted by molar-refractivity contribution is 6.36. The van der Waals surface area contributed by atoms with E-state index in [0.717, 1.165) is 47.1 Å². The summed E-state index contributed by atoms with van der Waals surface area (Å²) >= 11 is 6.78. The molecule has 1 aliphatic heterocycles. The van der Waals surface area contributed by atoms with Gasteiger partial charge in [-0.2, -0.15) is 5.10 Å². The second kappa shape index (κ2) is 9.49. The molecule has 1 N–H and O–H groups in total. The number of rotatable bonds is 6. The molecular formula is C29H26ClN9O. The van der Waals surface area contributed by atoms with Crippen LogP contribution in [0.25, 0.3) is 33.3 Å². The number of hydrogen-bond donors (Lipinski definition) is 1. The minimum absolute atomic E-state index is 0.256. The number of fused-ring (bicyclic) bond motifs is 2. The van der Waals surface area contributed by atoms with Crippen molar-refractivity contribution < 1.29 is 4.74 Å². The Morgan fingerprint density at radius 2 is 1.85 bits per heavy atom. The zero-order valence-electron chi connectivity index (χ0n) is 22.2. The van der Waals surface area contributed by atoms with Crippen molar-refractivity contribution in [2.24, 2.45) is 0 Å². The van der Waals surface area contributed by atoms with E-state index in [2.05, 4.69) is 25.0 Å². The first kappa shape index (κ1) is 24.3. The lowest BCUT2D eigenvalue weighted by Gasteiger charge is -2.40. The zero-order chi connectivity index (χ0) is 27.4. The van der Waals surface area contributed by atoms with Gasteiger partial charge in [0.1, 0.15) is 39.5 Å². The van der Waals surface area contributed by atoms with Gasteiger partial charge in [0.15, 0.2) is 0 Å². The average Bonchev–Trinajstić information content (AvgIpc) is 3.55. The summed E-state index contributed by atoms with van der Waals surface area (Å²) in [6, 6.07) is 15.7. The van der Waals surface area contributed by atoms with Crippen molar-refractivity contribution in [3.05, 3.63) is 78.0 Å². The topological polar surface area (TPSA) is 101 Å². The van der Waals surface area contributed by atoms with Gasteiger partial charge in [-0.25, -0.2) is 15.0 Å². The zero-order valence-corrected chi connectivity index (χ0v) is 23.0. The molecule has 0 saturated carbocycles. The molecule has 0 bridgehead atoms. The molecule has 0 radical (unpaired) electrons. The number of ether oxygens (including phenoxy) is 1. The number of hydrogen-bond acceptors (Lipinski definition) is 8. The van der Waals surface area contributed by atoms with E-state index in [4.69, 9.17) is 26.3 Å². The van der Waals surface area contributed by atoms with Crippen LogP contribution in [0.1, 0.15) is 11.9 Å². The lowest BCUT2D eigenvalue weighted by molar-refractivity contribution is 0.366. The maximum Gasteiger partial charge on any atom is 0.148 e. The van der Waals surface area contributed by atoms with Crippen LogP contribution < -0.4 is 14.5 Å². The number of anilines is 2. The first-order chi connectivity index (χ1) is 19.4. The van der Waals surface area contributed by atoms with Crippen LogP contribution in [0.2, 0.25) is 5.02 Å². The quantitative estimate of drug-likeness (QED) is 0.283. The third-order valence-electron chi connectivity index (χ3n) is 7.05. The Morgan fingerprint density at radius 1 is 1.00 bits per heavy atom. The van der Waals surface area contributed by atoms with Gasteiger partial charge in [0.2, 0.25) is 0 Å². The fourth-order valence-corrected chi connectivity index (χ4v) is 5.11. The summed E-state index contributed by atoms with van der Waals surface area (Å²) in [5.74, 6) is 3.93. The predicted molar refractivity (Wildman–Crippen MR) is 156 cm³/mol. The normalized spacial score (nSPS) is 13.7. The number of aromatic amines is 1. The van der Waals surface area contributed by atoms with E-state index < -0.39 is 0 Å². The van der Waals surface area contributed by atoms with Crippen LogP contribution >= 0.6 is 11.6 Å². The summed E-state index contributed by atoms with van der Waals surface area (Å²) in [7, 11) is 3.99. The van der Waals surface area contributed by atoms with Crippen LogP contribution in [0, 0.1) is 6.92 Å². The molecule has 2 aromatic carbocycles. The molecule has 0 aliphatic carbocycles. The number of benzene rings is 2. The Hall–Kier alpha value is -4.70. The Morgan fingerprint density at radius 3 is 2.70 bits per heavy atom. The second-order valence-electron chi connectivity index (χ2n) is 10.1. The predicted octanol–water partition coefficient (Wildman–Crippen LogP) is 5.65. The van der Waals surface area contributed by atoms with Gasteiger partial charge in [0.05, 0.1) is 40.7 Å². The second-order valence-corrected chi connectivity index (χ2v) is 10.5. The van der Waals surface area contributed by atoms with Crippen molar-refractivity contribution in [3.8, 4) is 22.8 Å². The van der Waals surface area contributed by atoms with Crippen molar-refractivity contribution >= 4 is 45.3 Å². The third kappa shape index (κ3) is 4.36. The van der Waals surface area contributed by atoms with Crippen LogP contribution in [0.5, 0.6) is 11.5 Å². The maximum atomic E-state index is 6.78. The number of H-pyrrole nitrogens is 1. The summed E-state index contributed by atoms with van der Waals surface area (Å²) in [6.07, 6.45) is 5.58. The fourth-order valence-electron chi connectivity index (χ4n) is 4.87. The molecule has 10 nitrogen and oxygen atoms in total. The van der Waals surface area contributed by atoms with E-state index in [1.165, 1.54) is 0 Å². The van der Waals surface area contributed by atoms with E-state index in [9.17, 15) is 0 Å². The van der Waals surface area contributed by atoms with Gasteiger partial charge in [0, 0.05) is 45.0 Å². The molecule has 0 spiro atoms. The summed E-state index contributed by atoms with van der Waals surface area (Å²) in [4.78, 5) is 26.1. The number of nitrogens with zero attached hydrogens (tertiary/aromatic N) is 8. The molecule has 5 heterocycles. The van der Waals surface area contributed by atoms with Gasteiger partial charge in [-0.05, 0) is 43.3 Å². The van der Waals surface area contributed by atoms with Gasteiger partial charge in [-0.1, -0.05) is 17.7 Å². The van der Waals surface area contributed by atoms with Crippen molar-refractivity contribution in [1.29, 1.82) is 0 Å². The van der Waals surface area contributed by atoms with E-state index in [-0.39, 0.29) is 6.04 Å². The Bertz CT molecular complexity index is 1870. The van der Waals surface area contributed by atoms with E-state index >= 15 is 0 Å². The van der Waals surface area contributed by atoms with Gasteiger partial charge in [-0.15, -0.1) is 0 Å². The molecule has 0 unspecified atom stereocenters. The molecule has 1 fully saturated rings. The average molecular weight is 552 g/mol. The van der Waals surface area contributed by atoms with Crippen LogP contribution in [0.4, 0.5) is 11.6 Å². The van der Waals surface area contributed by atoms with E-state index in [1.807, 2.05) is 91.5 Å². The van der Waals surface area contributed by atoms with Gasteiger partial charge >= 0.3 is 0 Å². The summed E-state index contributed by atoms with van der Waals surface area (Å²) in [5.41, 5.74) is 4.63. The Kier molecular flexibility index (Phi) is 5.78. The molecule has 6 aromatic rings. The van der Waals surface area contributed by atoms with Crippen LogP contribution in [0.3, 0.4) is 0 Å². The number of nitrogens with one attached hydrogen (secondary N) is 1. The van der Waals surface area contributed by atoms with Crippen LogP contribution in [-0.4, -0.2) is 61.9 Å². The third-order valence-corrected chi connectivity index (χ3v) is 7.42. The summed E-state index contributed by atoms with van der Waals surface area (Å²) in [5, 5.41) is 5.02. The number of aromatic nitrogens is 7. The molecule has 1 saturated heterocycles. The van der Waals surface area contributed by atoms with Gasteiger partial charge in [-0.3, -0.25) is 9.67 Å². The molecule has 0 atom stereocenters. The molecule has 0 amide bonds. The highest BCUT2D eigenvalue weighted by atomic mass is 35.5. The Balaban J connectivity index is 1.10. The van der Waals surface area contributed by atoms with Crippen molar-refractivity contribution in [2.75, 3.05) is 37.0 Å². The highest BCUT2D eigenvalue weighted by Gasteiger charge is 2.30. The van der Waals surface area contributed by atoms with Crippen LogP contribution in [-0.2, 0) is 0 Å². The first-order valence-electron chi connectivity index (χ1n) is 12.9. The van der Waals surface area contributed by atoms with E-state index in [1.54, 1.807) is 6.20 Å². The van der Waals surface area contributed by atoms with Crippen molar-refractivity contribution in [3.63, 3.8) is 0 Å². The van der Waals surface area contributed by atoms with Crippen molar-refractivity contribution in [2.45, 2.75) is 13.0 Å². The number of aryl methyl sites for hydroxylation is 1. The minimum Gasteiger partial charge on any atom is -0.456 e. The smallest absolute Gasteiger partial charge is 0.148 e. The molecular weight excluding hydrogens is 526 g/mol. The van der Waals surface area contributed by atoms with Gasteiger partial charge in [0.25, 0.3) is 0 Å². The maximum absolute atomic E-state index is 6.78. The van der Waals surface area contributed by atoms with E-state index in [0.29, 0.717) is 33.2 Å². The molecule has 1 aliphatic rings. The fraction of sp³-hybridized carbons (Fsp3) is 0.207. The molecule has 4 aromatic heterocycles. The van der Waals surface area contributed by atoms with Crippen LogP contribution in [0.15, 0.2) is 67.1 Å². The number of imidazole rings is 1. The first-order valence-corrected chi connectivity index (χ1v) is 13.3. The molecule has 7 rings (SSSR count). The van der Waals surface area contributed by atoms with Crippen molar-refractivity contribution in [1.82, 2.24) is 34.7 Å². The molecule has 11 heteroatoms. The highest BCUT2D eigenvalue weighted by Crippen LogP contribution is 2.36.